The second-order valence-corrected chi connectivity index (χ2v) is 3.48. The predicted molar refractivity (Wildman–Crippen MR) is 54.6 cm³/mol. The molecular weight excluding hydrogens is 239 g/mol. The van der Waals surface area contributed by atoms with E-state index < -0.39 is 17.5 Å². The van der Waals surface area contributed by atoms with Crippen molar-refractivity contribution in [3.8, 4) is 11.1 Å². The Hall–Kier alpha value is -1.55. The molecule has 0 bridgehead atoms. The van der Waals surface area contributed by atoms with Gasteiger partial charge in [0, 0.05) is 17.3 Å². The summed E-state index contributed by atoms with van der Waals surface area (Å²) in [6, 6.07) is 4.93. The van der Waals surface area contributed by atoms with Crippen molar-refractivity contribution < 1.29 is 13.2 Å². The summed E-state index contributed by atoms with van der Waals surface area (Å²) in [6.07, 6.45) is 1.29. The molecule has 1 aromatic carbocycles. The summed E-state index contributed by atoms with van der Waals surface area (Å²) >= 11 is 5.56. The zero-order valence-electron chi connectivity index (χ0n) is 7.85. The molecule has 1 aromatic heterocycles. The van der Waals surface area contributed by atoms with Gasteiger partial charge in [-0.2, -0.15) is 0 Å². The lowest BCUT2D eigenvalue weighted by molar-refractivity contribution is 0.449. The second kappa shape index (κ2) is 4.14. The molecule has 0 aliphatic rings. The van der Waals surface area contributed by atoms with E-state index in [1.165, 1.54) is 18.3 Å². The van der Waals surface area contributed by atoms with Crippen molar-refractivity contribution in [2.45, 2.75) is 0 Å². The van der Waals surface area contributed by atoms with Crippen LogP contribution in [-0.4, -0.2) is 4.98 Å². The van der Waals surface area contributed by atoms with E-state index in [0.29, 0.717) is 5.56 Å². The van der Waals surface area contributed by atoms with Crippen LogP contribution in [0.25, 0.3) is 11.1 Å². The van der Waals surface area contributed by atoms with E-state index in [1.807, 2.05) is 0 Å². The third kappa shape index (κ3) is 1.88. The number of halogens is 4. The highest BCUT2D eigenvalue weighted by molar-refractivity contribution is 6.29. The van der Waals surface area contributed by atoms with E-state index in [1.54, 1.807) is 0 Å². The standard InChI is InChI=1S/C11H5ClF3N/c12-9-4-1-6(5-16-9)7-2-3-8(13)11(15)10(7)14/h1-5H. The van der Waals surface area contributed by atoms with Gasteiger partial charge in [0.25, 0.3) is 0 Å². The minimum atomic E-state index is -1.49. The molecule has 2 rings (SSSR count). The minimum Gasteiger partial charge on any atom is -0.244 e. The Morgan fingerprint density at radius 2 is 1.69 bits per heavy atom. The lowest BCUT2D eigenvalue weighted by Gasteiger charge is -2.04. The monoisotopic (exact) mass is 243 g/mol. The van der Waals surface area contributed by atoms with Gasteiger partial charge in [0.2, 0.25) is 0 Å². The molecule has 0 saturated carbocycles. The number of benzene rings is 1. The lowest BCUT2D eigenvalue weighted by Crippen LogP contribution is -1.94. The lowest BCUT2D eigenvalue weighted by atomic mass is 10.1. The molecule has 0 aliphatic carbocycles. The van der Waals surface area contributed by atoms with Gasteiger partial charge >= 0.3 is 0 Å². The smallest absolute Gasteiger partial charge is 0.195 e. The number of nitrogens with zero attached hydrogens (tertiary/aromatic N) is 1. The summed E-state index contributed by atoms with van der Waals surface area (Å²) in [5.74, 6) is -3.94. The molecule has 0 N–H and O–H groups in total. The van der Waals surface area contributed by atoms with Crippen LogP contribution >= 0.6 is 11.6 Å². The topological polar surface area (TPSA) is 12.9 Å². The maximum atomic E-state index is 13.4. The molecule has 0 spiro atoms. The van der Waals surface area contributed by atoms with Crippen molar-refractivity contribution in [1.82, 2.24) is 4.98 Å². The van der Waals surface area contributed by atoms with Crippen LogP contribution < -0.4 is 0 Å². The average molecular weight is 244 g/mol. The van der Waals surface area contributed by atoms with E-state index in [0.717, 1.165) is 12.1 Å². The van der Waals surface area contributed by atoms with Crippen LogP contribution in [0.15, 0.2) is 30.5 Å². The SMILES string of the molecule is Fc1ccc(-c2ccc(Cl)nc2)c(F)c1F. The van der Waals surface area contributed by atoms with Crippen molar-refractivity contribution in [1.29, 1.82) is 0 Å². The van der Waals surface area contributed by atoms with Gasteiger partial charge < -0.3 is 0 Å². The molecular formula is C11H5ClF3N. The summed E-state index contributed by atoms with van der Waals surface area (Å²) in [6.45, 7) is 0. The normalized spacial score (nSPS) is 10.5. The Bertz CT molecular complexity index is 525. The van der Waals surface area contributed by atoms with Gasteiger partial charge in [-0.1, -0.05) is 11.6 Å². The first-order chi connectivity index (χ1) is 7.59. The molecule has 0 unspecified atom stereocenters. The molecule has 0 saturated heterocycles. The first kappa shape index (κ1) is 11.0. The Balaban J connectivity index is 2.57. The van der Waals surface area contributed by atoms with Crippen LogP contribution in [0.5, 0.6) is 0 Å². The maximum absolute atomic E-state index is 13.4. The summed E-state index contributed by atoms with van der Waals surface area (Å²) in [4.78, 5) is 3.73. The van der Waals surface area contributed by atoms with Crippen LogP contribution in [-0.2, 0) is 0 Å². The van der Waals surface area contributed by atoms with Gasteiger partial charge in [-0.25, -0.2) is 18.2 Å². The summed E-state index contributed by atoms with van der Waals surface area (Å²) < 4.78 is 39.0. The van der Waals surface area contributed by atoms with Crippen molar-refractivity contribution >= 4 is 11.6 Å². The molecule has 1 nitrogen and oxygen atoms in total. The van der Waals surface area contributed by atoms with Crippen molar-refractivity contribution in [2.75, 3.05) is 0 Å². The van der Waals surface area contributed by atoms with E-state index >= 15 is 0 Å². The molecule has 5 heteroatoms. The van der Waals surface area contributed by atoms with E-state index in [9.17, 15) is 13.2 Å². The van der Waals surface area contributed by atoms with Crippen LogP contribution in [0.2, 0.25) is 5.15 Å². The Morgan fingerprint density at radius 3 is 2.31 bits per heavy atom. The number of rotatable bonds is 1. The zero-order chi connectivity index (χ0) is 11.7. The van der Waals surface area contributed by atoms with E-state index in [2.05, 4.69) is 4.98 Å². The highest BCUT2D eigenvalue weighted by atomic mass is 35.5. The fourth-order valence-corrected chi connectivity index (χ4v) is 1.40. The third-order valence-corrected chi connectivity index (χ3v) is 2.30. The average Bonchev–Trinajstić information content (AvgIpc) is 2.28. The van der Waals surface area contributed by atoms with E-state index in [-0.39, 0.29) is 10.7 Å². The maximum Gasteiger partial charge on any atom is 0.195 e. The highest BCUT2D eigenvalue weighted by Crippen LogP contribution is 2.25. The number of hydrogen-bond acceptors (Lipinski definition) is 1. The fourth-order valence-electron chi connectivity index (χ4n) is 1.28. The first-order valence-corrected chi connectivity index (χ1v) is 4.73. The van der Waals surface area contributed by atoms with Crippen LogP contribution in [0, 0.1) is 17.5 Å². The first-order valence-electron chi connectivity index (χ1n) is 4.35. The molecule has 0 fully saturated rings. The summed E-state index contributed by atoms with van der Waals surface area (Å²) in [5, 5.41) is 0.242. The Labute approximate surface area is 94.5 Å². The Kier molecular flexibility index (Phi) is 2.83. The fraction of sp³-hybridized carbons (Fsp3) is 0. The molecule has 0 radical (unpaired) electrons. The molecule has 1 heterocycles. The third-order valence-electron chi connectivity index (χ3n) is 2.07. The van der Waals surface area contributed by atoms with Crippen molar-refractivity contribution in [3.63, 3.8) is 0 Å². The van der Waals surface area contributed by atoms with Gasteiger partial charge in [-0.3, -0.25) is 0 Å². The highest BCUT2D eigenvalue weighted by Gasteiger charge is 2.14. The second-order valence-electron chi connectivity index (χ2n) is 3.09. The van der Waals surface area contributed by atoms with Crippen molar-refractivity contribution in [3.05, 3.63) is 53.1 Å². The quantitative estimate of drug-likeness (QED) is 0.548. The van der Waals surface area contributed by atoms with Crippen LogP contribution in [0.4, 0.5) is 13.2 Å². The molecule has 0 atom stereocenters. The van der Waals surface area contributed by atoms with Gasteiger partial charge in [0.15, 0.2) is 17.5 Å². The molecule has 0 aliphatic heterocycles. The predicted octanol–water partition coefficient (Wildman–Crippen LogP) is 3.82. The minimum absolute atomic E-state index is 0.0527. The number of pyridine rings is 1. The molecule has 0 amide bonds. The van der Waals surface area contributed by atoms with Gasteiger partial charge in [-0.15, -0.1) is 0 Å². The van der Waals surface area contributed by atoms with Gasteiger partial charge in [-0.05, 0) is 24.3 Å². The molecule has 2 aromatic rings. The largest absolute Gasteiger partial charge is 0.244 e. The molecule has 16 heavy (non-hydrogen) atoms. The Morgan fingerprint density at radius 1 is 0.938 bits per heavy atom. The zero-order valence-corrected chi connectivity index (χ0v) is 8.60. The molecule has 82 valence electrons. The summed E-state index contributed by atoms with van der Waals surface area (Å²) in [5.41, 5.74) is 0.281. The summed E-state index contributed by atoms with van der Waals surface area (Å²) in [7, 11) is 0. The van der Waals surface area contributed by atoms with Gasteiger partial charge in [0.1, 0.15) is 5.15 Å². The van der Waals surface area contributed by atoms with Crippen LogP contribution in [0.1, 0.15) is 0 Å². The van der Waals surface area contributed by atoms with Gasteiger partial charge in [0.05, 0.1) is 0 Å². The number of hydrogen-bond donors (Lipinski definition) is 0. The van der Waals surface area contributed by atoms with Crippen molar-refractivity contribution in [2.24, 2.45) is 0 Å². The van der Waals surface area contributed by atoms with Crippen LogP contribution in [0.3, 0.4) is 0 Å². The van der Waals surface area contributed by atoms with E-state index in [4.69, 9.17) is 11.6 Å². The number of aromatic nitrogens is 1.